The molecule has 0 fully saturated rings. The maximum atomic E-state index is 12.1. The molecule has 1 aromatic carbocycles. The SMILES string of the molecule is COc1ccc(-n2ccc(CNC(=O)CCCc3nc(C(C)(C)C)no3)n2)cc1. The van der Waals surface area contributed by atoms with Gasteiger partial charge in [0, 0.05) is 24.5 Å². The van der Waals surface area contributed by atoms with E-state index in [0.29, 0.717) is 37.5 Å². The fourth-order valence-corrected chi connectivity index (χ4v) is 2.67. The van der Waals surface area contributed by atoms with Gasteiger partial charge in [-0.05, 0) is 36.8 Å². The number of carbonyl (C=O) groups excluding carboxylic acids is 1. The fourth-order valence-electron chi connectivity index (χ4n) is 2.67. The van der Waals surface area contributed by atoms with Crippen molar-refractivity contribution in [1.29, 1.82) is 0 Å². The fraction of sp³-hybridized carbons (Fsp3) is 0.429. The van der Waals surface area contributed by atoms with Gasteiger partial charge in [-0.3, -0.25) is 4.79 Å². The van der Waals surface area contributed by atoms with E-state index in [9.17, 15) is 4.79 Å². The smallest absolute Gasteiger partial charge is 0.226 e. The molecule has 2 heterocycles. The molecule has 8 nitrogen and oxygen atoms in total. The van der Waals surface area contributed by atoms with Crippen LogP contribution in [0.25, 0.3) is 5.69 Å². The highest BCUT2D eigenvalue weighted by Gasteiger charge is 2.20. The number of carbonyl (C=O) groups is 1. The van der Waals surface area contributed by atoms with Crippen molar-refractivity contribution in [1.82, 2.24) is 25.2 Å². The van der Waals surface area contributed by atoms with Crippen molar-refractivity contribution in [3.8, 4) is 11.4 Å². The lowest BCUT2D eigenvalue weighted by Gasteiger charge is -2.10. The predicted octanol–water partition coefficient (Wildman–Crippen LogP) is 3.20. The first-order valence-corrected chi connectivity index (χ1v) is 9.64. The van der Waals surface area contributed by atoms with Gasteiger partial charge in [0.15, 0.2) is 5.82 Å². The quantitative estimate of drug-likeness (QED) is 0.627. The normalized spacial score (nSPS) is 11.4. The van der Waals surface area contributed by atoms with Crippen LogP contribution in [0.2, 0.25) is 0 Å². The Morgan fingerprint density at radius 3 is 2.62 bits per heavy atom. The predicted molar refractivity (Wildman–Crippen MR) is 108 cm³/mol. The molecule has 29 heavy (non-hydrogen) atoms. The number of ether oxygens (including phenoxy) is 1. The Labute approximate surface area is 170 Å². The summed E-state index contributed by atoms with van der Waals surface area (Å²) in [6.07, 6.45) is 3.50. The molecule has 0 atom stereocenters. The molecule has 1 amide bonds. The van der Waals surface area contributed by atoms with E-state index < -0.39 is 0 Å². The third-order valence-electron chi connectivity index (χ3n) is 4.38. The van der Waals surface area contributed by atoms with E-state index in [1.165, 1.54) is 0 Å². The van der Waals surface area contributed by atoms with E-state index >= 15 is 0 Å². The van der Waals surface area contributed by atoms with Crippen LogP contribution in [-0.2, 0) is 23.2 Å². The zero-order chi connectivity index (χ0) is 20.9. The second-order valence-corrected chi connectivity index (χ2v) is 7.84. The van der Waals surface area contributed by atoms with Crippen LogP contribution in [0.4, 0.5) is 0 Å². The molecule has 0 radical (unpaired) electrons. The van der Waals surface area contributed by atoms with Crippen LogP contribution in [0.3, 0.4) is 0 Å². The second-order valence-electron chi connectivity index (χ2n) is 7.84. The van der Waals surface area contributed by atoms with Gasteiger partial charge in [0.05, 0.1) is 25.0 Å². The van der Waals surface area contributed by atoms with Gasteiger partial charge in [0.2, 0.25) is 11.8 Å². The van der Waals surface area contributed by atoms with E-state index in [0.717, 1.165) is 17.1 Å². The van der Waals surface area contributed by atoms with Crippen LogP contribution in [0, 0.1) is 0 Å². The van der Waals surface area contributed by atoms with Crippen LogP contribution in [0.15, 0.2) is 41.1 Å². The summed E-state index contributed by atoms with van der Waals surface area (Å²) in [6.45, 7) is 6.48. The number of amides is 1. The van der Waals surface area contributed by atoms with Crippen LogP contribution in [-0.4, -0.2) is 32.9 Å². The Balaban J connectivity index is 1.42. The number of aryl methyl sites for hydroxylation is 1. The summed E-state index contributed by atoms with van der Waals surface area (Å²) >= 11 is 0. The van der Waals surface area contributed by atoms with Crippen molar-refractivity contribution < 1.29 is 14.1 Å². The first kappa shape index (κ1) is 20.6. The zero-order valence-electron chi connectivity index (χ0n) is 17.3. The zero-order valence-corrected chi connectivity index (χ0v) is 17.3. The molecule has 3 aromatic rings. The number of benzene rings is 1. The van der Waals surface area contributed by atoms with Gasteiger partial charge in [0.25, 0.3) is 0 Å². The number of aromatic nitrogens is 4. The average molecular weight is 397 g/mol. The average Bonchev–Trinajstić information content (AvgIpc) is 3.36. The van der Waals surface area contributed by atoms with Crippen LogP contribution in [0.1, 0.15) is 51.0 Å². The molecule has 0 saturated heterocycles. The molecule has 0 unspecified atom stereocenters. The molecular formula is C21H27N5O3. The van der Waals surface area contributed by atoms with Crippen LogP contribution < -0.4 is 10.1 Å². The lowest BCUT2D eigenvalue weighted by atomic mass is 9.96. The topological polar surface area (TPSA) is 95.1 Å². The highest BCUT2D eigenvalue weighted by Crippen LogP contribution is 2.19. The lowest BCUT2D eigenvalue weighted by Crippen LogP contribution is -2.22. The highest BCUT2D eigenvalue weighted by atomic mass is 16.5. The molecule has 154 valence electrons. The standard InChI is InChI=1S/C21H27N5O3/c1-21(2,3)20-23-19(29-25-20)7-5-6-18(27)22-14-15-12-13-26(24-15)16-8-10-17(28-4)11-9-16/h8-13H,5-7,14H2,1-4H3,(H,22,27). The largest absolute Gasteiger partial charge is 0.497 e. The molecule has 2 aromatic heterocycles. The van der Waals surface area contributed by atoms with E-state index in [4.69, 9.17) is 9.26 Å². The minimum Gasteiger partial charge on any atom is -0.497 e. The van der Waals surface area contributed by atoms with Crippen LogP contribution in [0.5, 0.6) is 5.75 Å². The lowest BCUT2D eigenvalue weighted by molar-refractivity contribution is -0.121. The molecule has 0 aliphatic rings. The summed E-state index contributed by atoms with van der Waals surface area (Å²) in [4.78, 5) is 16.5. The highest BCUT2D eigenvalue weighted by molar-refractivity contribution is 5.75. The maximum absolute atomic E-state index is 12.1. The van der Waals surface area contributed by atoms with Gasteiger partial charge in [0.1, 0.15) is 5.75 Å². The Morgan fingerprint density at radius 1 is 1.21 bits per heavy atom. The Kier molecular flexibility index (Phi) is 6.31. The van der Waals surface area contributed by atoms with Crippen LogP contribution >= 0.6 is 0 Å². The Morgan fingerprint density at radius 2 is 1.97 bits per heavy atom. The van der Waals surface area contributed by atoms with Crippen molar-refractivity contribution in [2.75, 3.05) is 7.11 Å². The molecule has 3 rings (SSSR count). The summed E-state index contributed by atoms with van der Waals surface area (Å²) < 4.78 is 12.2. The first-order chi connectivity index (χ1) is 13.8. The number of hydrogen-bond acceptors (Lipinski definition) is 6. The van der Waals surface area contributed by atoms with Crippen molar-refractivity contribution >= 4 is 5.91 Å². The Hall–Kier alpha value is -3.16. The van der Waals surface area contributed by atoms with E-state index in [-0.39, 0.29) is 11.3 Å². The van der Waals surface area contributed by atoms with Gasteiger partial charge in [-0.1, -0.05) is 25.9 Å². The van der Waals surface area contributed by atoms with Gasteiger partial charge in [-0.25, -0.2) is 4.68 Å². The third kappa shape index (κ3) is 5.66. The molecule has 0 bridgehead atoms. The monoisotopic (exact) mass is 397 g/mol. The number of rotatable bonds is 8. The van der Waals surface area contributed by atoms with Crippen molar-refractivity contribution in [2.45, 2.75) is 52.0 Å². The van der Waals surface area contributed by atoms with E-state index in [1.807, 2.05) is 57.3 Å². The summed E-state index contributed by atoms with van der Waals surface area (Å²) in [6, 6.07) is 9.50. The molecule has 0 aliphatic carbocycles. The molecule has 8 heteroatoms. The molecule has 0 saturated carbocycles. The van der Waals surface area contributed by atoms with Gasteiger partial charge in [-0.15, -0.1) is 0 Å². The number of nitrogens with one attached hydrogen (secondary N) is 1. The third-order valence-corrected chi connectivity index (χ3v) is 4.38. The summed E-state index contributed by atoms with van der Waals surface area (Å²) in [5.74, 6) is 2.02. The summed E-state index contributed by atoms with van der Waals surface area (Å²) in [5.41, 5.74) is 1.58. The number of nitrogens with zero attached hydrogens (tertiary/aromatic N) is 4. The van der Waals surface area contributed by atoms with E-state index in [1.54, 1.807) is 11.8 Å². The minimum absolute atomic E-state index is 0.0282. The Bertz CT molecular complexity index is 938. The van der Waals surface area contributed by atoms with Gasteiger partial charge < -0.3 is 14.6 Å². The summed E-state index contributed by atoms with van der Waals surface area (Å²) in [5, 5.41) is 11.4. The van der Waals surface area contributed by atoms with Crippen molar-refractivity contribution in [2.24, 2.45) is 0 Å². The van der Waals surface area contributed by atoms with E-state index in [2.05, 4.69) is 20.6 Å². The second kappa shape index (κ2) is 8.89. The minimum atomic E-state index is -0.144. The van der Waals surface area contributed by atoms with Crippen molar-refractivity contribution in [3.05, 3.63) is 53.9 Å². The number of methoxy groups -OCH3 is 1. The molecule has 0 spiro atoms. The van der Waals surface area contributed by atoms with Gasteiger partial charge in [-0.2, -0.15) is 10.1 Å². The maximum Gasteiger partial charge on any atom is 0.226 e. The number of hydrogen-bond donors (Lipinski definition) is 1. The summed E-state index contributed by atoms with van der Waals surface area (Å²) in [7, 11) is 1.63. The van der Waals surface area contributed by atoms with Crippen molar-refractivity contribution in [3.63, 3.8) is 0 Å². The van der Waals surface area contributed by atoms with Gasteiger partial charge >= 0.3 is 0 Å². The first-order valence-electron chi connectivity index (χ1n) is 9.64. The molecule has 0 aliphatic heterocycles. The molecular weight excluding hydrogens is 370 g/mol. The molecule has 1 N–H and O–H groups in total.